The van der Waals surface area contributed by atoms with Gasteiger partial charge in [0, 0.05) is 5.57 Å². The van der Waals surface area contributed by atoms with Crippen molar-refractivity contribution in [2.24, 2.45) is 0 Å². The lowest BCUT2D eigenvalue weighted by Crippen LogP contribution is -1.95. The molecular formula is C12H12O. The number of allylic oxidation sites excluding steroid dienone is 3. The van der Waals surface area contributed by atoms with E-state index in [0.29, 0.717) is 0 Å². The zero-order chi connectivity index (χ0) is 9.10. The summed E-state index contributed by atoms with van der Waals surface area (Å²) >= 11 is 0. The molecule has 1 heteroatoms. The summed E-state index contributed by atoms with van der Waals surface area (Å²) in [6.45, 7) is 0. The van der Waals surface area contributed by atoms with E-state index < -0.39 is 0 Å². The molecule has 1 nitrogen and oxygen atoms in total. The van der Waals surface area contributed by atoms with E-state index >= 15 is 0 Å². The van der Waals surface area contributed by atoms with E-state index in [1.54, 1.807) is 13.4 Å². The minimum absolute atomic E-state index is 1.03. The van der Waals surface area contributed by atoms with Gasteiger partial charge in [0.25, 0.3) is 0 Å². The predicted molar refractivity (Wildman–Crippen MR) is 54.3 cm³/mol. The van der Waals surface area contributed by atoms with Gasteiger partial charge in [-0.15, -0.1) is 0 Å². The molecule has 0 radical (unpaired) electrons. The van der Waals surface area contributed by atoms with Gasteiger partial charge >= 0.3 is 0 Å². The van der Waals surface area contributed by atoms with Gasteiger partial charge in [-0.2, -0.15) is 0 Å². The van der Waals surface area contributed by atoms with Crippen molar-refractivity contribution in [1.82, 2.24) is 0 Å². The largest absolute Gasteiger partial charge is 0.504 e. The molecule has 13 heavy (non-hydrogen) atoms. The molecule has 0 bridgehead atoms. The Labute approximate surface area is 78.3 Å². The predicted octanol–water partition coefficient (Wildman–Crippen LogP) is 2.79. The summed E-state index contributed by atoms with van der Waals surface area (Å²) < 4.78 is 5.02. The van der Waals surface area contributed by atoms with Crippen molar-refractivity contribution in [2.45, 2.75) is 6.42 Å². The molecule has 0 amide bonds. The number of fused-ring (bicyclic) bond motifs is 1. The van der Waals surface area contributed by atoms with E-state index in [4.69, 9.17) is 4.74 Å². The Kier molecular flexibility index (Phi) is 2.17. The maximum Gasteiger partial charge on any atom is 0.0903 e. The molecule has 0 fully saturated rings. The minimum Gasteiger partial charge on any atom is -0.504 e. The highest BCUT2D eigenvalue weighted by Gasteiger charge is 2.07. The number of ether oxygens (including phenoxy) is 1. The quantitative estimate of drug-likeness (QED) is 0.592. The molecule has 66 valence electrons. The second-order valence-electron chi connectivity index (χ2n) is 3.07. The van der Waals surface area contributed by atoms with Crippen LogP contribution in [0.3, 0.4) is 0 Å². The molecule has 2 rings (SSSR count). The van der Waals surface area contributed by atoms with E-state index in [1.165, 1.54) is 11.1 Å². The molecule has 0 unspecified atom stereocenters. The number of methoxy groups -OCH3 is 1. The zero-order valence-corrected chi connectivity index (χ0v) is 7.66. The van der Waals surface area contributed by atoms with Crippen LogP contribution in [0, 0.1) is 0 Å². The van der Waals surface area contributed by atoms with Crippen molar-refractivity contribution in [3.8, 4) is 0 Å². The van der Waals surface area contributed by atoms with Crippen LogP contribution in [0.4, 0.5) is 0 Å². The number of benzene rings is 1. The van der Waals surface area contributed by atoms with Crippen LogP contribution in [0.2, 0.25) is 0 Å². The van der Waals surface area contributed by atoms with E-state index in [9.17, 15) is 0 Å². The van der Waals surface area contributed by atoms with Gasteiger partial charge in [-0.3, -0.25) is 0 Å². The van der Waals surface area contributed by atoms with Gasteiger partial charge in [-0.1, -0.05) is 36.4 Å². The highest BCUT2D eigenvalue weighted by molar-refractivity contribution is 5.77. The van der Waals surface area contributed by atoms with Crippen LogP contribution in [0.25, 0.3) is 5.57 Å². The molecular weight excluding hydrogens is 160 g/mol. The van der Waals surface area contributed by atoms with Gasteiger partial charge in [0.2, 0.25) is 0 Å². The first-order valence-electron chi connectivity index (χ1n) is 4.39. The third kappa shape index (κ3) is 1.50. The number of hydrogen-bond donors (Lipinski definition) is 0. The summed E-state index contributed by atoms with van der Waals surface area (Å²) in [5.74, 6) is 0. The second kappa shape index (κ2) is 3.48. The molecule has 0 aliphatic heterocycles. The lowest BCUT2D eigenvalue weighted by atomic mass is 9.93. The maximum absolute atomic E-state index is 5.02. The Morgan fingerprint density at radius 2 is 2.15 bits per heavy atom. The van der Waals surface area contributed by atoms with Crippen molar-refractivity contribution >= 4 is 5.57 Å². The van der Waals surface area contributed by atoms with Gasteiger partial charge in [-0.05, 0) is 17.5 Å². The van der Waals surface area contributed by atoms with Gasteiger partial charge in [0.05, 0.1) is 13.4 Å². The molecule has 0 spiro atoms. The maximum atomic E-state index is 5.02. The summed E-state index contributed by atoms with van der Waals surface area (Å²) in [4.78, 5) is 0. The van der Waals surface area contributed by atoms with Crippen LogP contribution in [0.1, 0.15) is 11.1 Å². The van der Waals surface area contributed by atoms with Crippen molar-refractivity contribution in [3.63, 3.8) is 0 Å². The monoisotopic (exact) mass is 172 g/mol. The first kappa shape index (κ1) is 8.11. The SMILES string of the molecule is COC=C1C=CCc2ccccc21. The Morgan fingerprint density at radius 3 is 3.00 bits per heavy atom. The molecule has 0 aromatic heterocycles. The molecule has 1 aliphatic rings. The fourth-order valence-corrected chi connectivity index (χ4v) is 1.61. The number of rotatable bonds is 1. The van der Waals surface area contributed by atoms with Crippen LogP contribution in [-0.2, 0) is 11.2 Å². The van der Waals surface area contributed by atoms with Crippen molar-refractivity contribution in [3.05, 3.63) is 53.8 Å². The van der Waals surface area contributed by atoms with Crippen molar-refractivity contribution < 1.29 is 4.74 Å². The Hall–Kier alpha value is -1.50. The third-order valence-corrected chi connectivity index (χ3v) is 2.21. The molecule has 0 saturated carbocycles. The molecule has 0 heterocycles. The fraction of sp³-hybridized carbons (Fsp3) is 0.167. The lowest BCUT2D eigenvalue weighted by Gasteiger charge is -2.12. The topological polar surface area (TPSA) is 9.23 Å². The van der Waals surface area contributed by atoms with Crippen LogP contribution in [0.5, 0.6) is 0 Å². The van der Waals surface area contributed by atoms with E-state index in [-0.39, 0.29) is 0 Å². The van der Waals surface area contributed by atoms with Gasteiger partial charge < -0.3 is 4.74 Å². The average Bonchev–Trinajstić information content (AvgIpc) is 2.19. The highest BCUT2D eigenvalue weighted by Crippen LogP contribution is 2.25. The third-order valence-electron chi connectivity index (χ3n) is 2.21. The Bertz CT molecular complexity index is 361. The van der Waals surface area contributed by atoms with Crippen LogP contribution in [0.15, 0.2) is 42.7 Å². The van der Waals surface area contributed by atoms with Gasteiger partial charge in [0.1, 0.15) is 0 Å². The van der Waals surface area contributed by atoms with Gasteiger partial charge in [-0.25, -0.2) is 0 Å². The normalized spacial score (nSPS) is 17.2. The average molecular weight is 172 g/mol. The molecule has 1 aromatic rings. The molecule has 1 aromatic carbocycles. The summed E-state index contributed by atoms with van der Waals surface area (Å²) in [6, 6.07) is 8.41. The van der Waals surface area contributed by atoms with E-state index in [1.807, 2.05) is 0 Å². The molecule has 0 N–H and O–H groups in total. The highest BCUT2D eigenvalue weighted by atomic mass is 16.5. The fourth-order valence-electron chi connectivity index (χ4n) is 1.61. The number of hydrogen-bond acceptors (Lipinski definition) is 1. The summed E-state index contributed by atoms with van der Waals surface area (Å²) in [6.07, 6.45) is 7.07. The van der Waals surface area contributed by atoms with Crippen molar-refractivity contribution in [2.75, 3.05) is 7.11 Å². The summed E-state index contributed by atoms with van der Waals surface area (Å²) in [7, 11) is 1.68. The Morgan fingerprint density at radius 1 is 1.31 bits per heavy atom. The smallest absolute Gasteiger partial charge is 0.0903 e. The minimum atomic E-state index is 1.03. The van der Waals surface area contributed by atoms with Crippen LogP contribution < -0.4 is 0 Å². The standard InChI is InChI=1S/C12H12O/c1-13-9-11-7-4-6-10-5-2-3-8-12(10)11/h2-5,7-9H,6H2,1H3. The van der Waals surface area contributed by atoms with Gasteiger partial charge in [0.15, 0.2) is 0 Å². The summed E-state index contributed by atoms with van der Waals surface area (Å²) in [5.41, 5.74) is 3.81. The van der Waals surface area contributed by atoms with Crippen LogP contribution in [-0.4, -0.2) is 7.11 Å². The molecule has 0 saturated heterocycles. The lowest BCUT2D eigenvalue weighted by molar-refractivity contribution is 0.340. The second-order valence-corrected chi connectivity index (χ2v) is 3.07. The summed E-state index contributed by atoms with van der Waals surface area (Å²) in [5, 5.41) is 0. The molecule has 0 atom stereocenters. The van der Waals surface area contributed by atoms with E-state index in [0.717, 1.165) is 12.0 Å². The first-order valence-corrected chi connectivity index (χ1v) is 4.39. The zero-order valence-electron chi connectivity index (χ0n) is 7.66. The molecule has 1 aliphatic carbocycles. The first-order chi connectivity index (χ1) is 6.42. The van der Waals surface area contributed by atoms with E-state index in [2.05, 4.69) is 36.4 Å². The van der Waals surface area contributed by atoms with Crippen LogP contribution >= 0.6 is 0 Å². The van der Waals surface area contributed by atoms with Crippen molar-refractivity contribution in [1.29, 1.82) is 0 Å². The Balaban J connectivity index is 2.48.